The number of hydrogen-bond acceptors (Lipinski definition) is 6. The van der Waals surface area contributed by atoms with E-state index < -0.39 is 17.6 Å². The molecule has 2 heterocycles. The fraction of sp³-hybridized carbons (Fsp3) is 0.357. The first-order valence-electron chi connectivity index (χ1n) is 6.81. The molecule has 0 aliphatic heterocycles. The SMILES string of the molecule is Cn1cc(OCC(N)C(O)(Cc2cc(=O)cc[nH]2)C(=O)O)cn1. The van der Waals surface area contributed by atoms with Crippen molar-refractivity contribution in [2.24, 2.45) is 12.8 Å². The first-order chi connectivity index (χ1) is 10.8. The number of carboxylic acids is 1. The summed E-state index contributed by atoms with van der Waals surface area (Å²) in [6.45, 7) is -0.231. The van der Waals surface area contributed by atoms with Crippen molar-refractivity contribution < 1.29 is 19.7 Å². The third-order valence-corrected chi connectivity index (χ3v) is 3.39. The van der Waals surface area contributed by atoms with Crippen LogP contribution in [-0.2, 0) is 18.3 Å². The van der Waals surface area contributed by atoms with E-state index in [1.54, 1.807) is 13.2 Å². The van der Waals surface area contributed by atoms with Gasteiger partial charge in [-0.15, -0.1) is 0 Å². The van der Waals surface area contributed by atoms with E-state index >= 15 is 0 Å². The standard InChI is InChI=1S/C14H18N4O5/c1-18-7-11(6-17-18)23-8-12(15)14(22,13(20)21)5-9-4-10(19)2-3-16-9/h2-4,6-7,12,22H,5,8,15H2,1H3,(H,16,19)(H,20,21). The van der Waals surface area contributed by atoms with Gasteiger partial charge in [-0.2, -0.15) is 5.10 Å². The van der Waals surface area contributed by atoms with Crippen LogP contribution >= 0.6 is 0 Å². The Morgan fingerprint density at radius 2 is 2.35 bits per heavy atom. The van der Waals surface area contributed by atoms with Crippen LogP contribution in [0.5, 0.6) is 5.75 Å². The number of aliphatic carboxylic acids is 1. The fourth-order valence-electron chi connectivity index (χ4n) is 2.05. The largest absolute Gasteiger partial charge is 0.489 e. The summed E-state index contributed by atoms with van der Waals surface area (Å²) >= 11 is 0. The van der Waals surface area contributed by atoms with Gasteiger partial charge in [-0.25, -0.2) is 4.79 Å². The predicted octanol–water partition coefficient (Wildman–Crippen LogP) is -1.13. The first-order valence-corrected chi connectivity index (χ1v) is 6.81. The van der Waals surface area contributed by atoms with Crippen LogP contribution in [0.3, 0.4) is 0 Å². The van der Waals surface area contributed by atoms with Gasteiger partial charge in [0.2, 0.25) is 0 Å². The lowest BCUT2D eigenvalue weighted by Crippen LogP contribution is -2.58. The molecule has 2 atom stereocenters. The van der Waals surface area contributed by atoms with Gasteiger partial charge in [-0.1, -0.05) is 0 Å². The molecule has 5 N–H and O–H groups in total. The Morgan fingerprint density at radius 3 is 2.91 bits per heavy atom. The van der Waals surface area contributed by atoms with E-state index in [4.69, 9.17) is 10.5 Å². The maximum Gasteiger partial charge on any atom is 0.337 e. The molecule has 9 heteroatoms. The summed E-state index contributed by atoms with van der Waals surface area (Å²) in [5.74, 6) is -1.09. The molecule has 0 radical (unpaired) electrons. The second-order valence-corrected chi connectivity index (χ2v) is 5.22. The maximum atomic E-state index is 11.5. The lowest BCUT2D eigenvalue weighted by Gasteiger charge is -2.29. The number of aromatic amines is 1. The normalized spacial score (nSPS) is 14.9. The summed E-state index contributed by atoms with van der Waals surface area (Å²) < 4.78 is 6.86. The van der Waals surface area contributed by atoms with Crippen molar-refractivity contribution in [3.05, 3.63) is 46.6 Å². The van der Waals surface area contributed by atoms with E-state index in [0.29, 0.717) is 5.75 Å². The molecule has 0 aromatic carbocycles. The molecular weight excluding hydrogens is 304 g/mol. The molecule has 0 amide bonds. The lowest BCUT2D eigenvalue weighted by atomic mass is 9.89. The zero-order valence-electron chi connectivity index (χ0n) is 12.5. The number of aromatic nitrogens is 3. The molecule has 9 nitrogen and oxygen atoms in total. The van der Waals surface area contributed by atoms with E-state index in [2.05, 4.69) is 10.1 Å². The topological polar surface area (TPSA) is 143 Å². The molecule has 0 saturated carbocycles. The Hall–Kier alpha value is -2.65. The molecule has 2 aromatic heterocycles. The van der Waals surface area contributed by atoms with Crippen LogP contribution in [0.15, 0.2) is 35.5 Å². The average Bonchev–Trinajstić information content (AvgIpc) is 2.90. The van der Waals surface area contributed by atoms with Crippen molar-refractivity contribution in [3.63, 3.8) is 0 Å². The summed E-state index contributed by atoms with van der Waals surface area (Å²) in [5.41, 5.74) is 3.50. The fourth-order valence-corrected chi connectivity index (χ4v) is 2.05. The number of ether oxygens (including phenoxy) is 1. The molecule has 0 fully saturated rings. The van der Waals surface area contributed by atoms with Crippen LogP contribution in [0.2, 0.25) is 0 Å². The molecule has 2 rings (SSSR count). The molecule has 0 spiro atoms. The number of nitrogens with two attached hydrogens (primary N) is 1. The Kier molecular flexibility index (Phi) is 4.82. The van der Waals surface area contributed by atoms with Gasteiger partial charge in [-0.05, 0) is 0 Å². The van der Waals surface area contributed by atoms with Crippen LogP contribution in [0, 0.1) is 0 Å². The van der Waals surface area contributed by atoms with E-state index in [1.807, 2.05) is 0 Å². The maximum absolute atomic E-state index is 11.5. The van der Waals surface area contributed by atoms with Crippen molar-refractivity contribution in [1.29, 1.82) is 0 Å². The monoisotopic (exact) mass is 322 g/mol. The van der Waals surface area contributed by atoms with Gasteiger partial charge in [0.15, 0.2) is 16.8 Å². The van der Waals surface area contributed by atoms with Crippen molar-refractivity contribution >= 4 is 5.97 Å². The highest BCUT2D eigenvalue weighted by atomic mass is 16.5. The Balaban J connectivity index is 2.11. The lowest BCUT2D eigenvalue weighted by molar-refractivity contribution is -0.161. The quantitative estimate of drug-likeness (QED) is 0.505. The van der Waals surface area contributed by atoms with Gasteiger partial charge >= 0.3 is 5.97 Å². The van der Waals surface area contributed by atoms with E-state index in [0.717, 1.165) is 0 Å². The number of aryl methyl sites for hydroxylation is 1. The van der Waals surface area contributed by atoms with Crippen LogP contribution in [0.25, 0.3) is 0 Å². The molecule has 0 aliphatic carbocycles. The molecule has 2 aromatic rings. The summed E-state index contributed by atoms with van der Waals surface area (Å²) in [5, 5.41) is 23.7. The molecule has 2 unspecified atom stereocenters. The van der Waals surface area contributed by atoms with Gasteiger partial charge in [-0.3, -0.25) is 9.48 Å². The number of carboxylic acid groups (broad SMARTS) is 1. The van der Waals surface area contributed by atoms with Crippen LogP contribution < -0.4 is 15.9 Å². The smallest absolute Gasteiger partial charge is 0.337 e. The van der Waals surface area contributed by atoms with Gasteiger partial charge < -0.3 is 25.7 Å². The third kappa shape index (κ3) is 3.96. The van der Waals surface area contributed by atoms with Crippen LogP contribution in [0.4, 0.5) is 0 Å². The van der Waals surface area contributed by atoms with E-state index in [1.165, 1.54) is 29.2 Å². The second-order valence-electron chi connectivity index (χ2n) is 5.22. The number of carbonyl (C=O) groups is 1. The molecule has 0 bridgehead atoms. The van der Waals surface area contributed by atoms with Crippen molar-refractivity contribution in [2.75, 3.05) is 6.61 Å². The van der Waals surface area contributed by atoms with Gasteiger partial charge in [0.05, 0.1) is 18.4 Å². The zero-order chi connectivity index (χ0) is 17.0. The summed E-state index contributed by atoms with van der Waals surface area (Å²) in [7, 11) is 1.70. The number of pyridine rings is 1. The minimum absolute atomic E-state index is 0.231. The van der Waals surface area contributed by atoms with Crippen molar-refractivity contribution in [3.8, 4) is 5.75 Å². The molecule has 23 heavy (non-hydrogen) atoms. The van der Waals surface area contributed by atoms with Gasteiger partial charge in [0, 0.05) is 37.5 Å². The Morgan fingerprint density at radius 1 is 1.61 bits per heavy atom. The Labute approximate surface area is 131 Å². The summed E-state index contributed by atoms with van der Waals surface area (Å²) in [6, 6.07) is 1.28. The number of hydrogen-bond donors (Lipinski definition) is 4. The molecule has 0 aliphatic rings. The number of nitrogens with zero attached hydrogens (tertiary/aromatic N) is 2. The number of rotatable bonds is 7. The minimum Gasteiger partial charge on any atom is -0.489 e. The highest BCUT2D eigenvalue weighted by molar-refractivity contribution is 5.78. The highest BCUT2D eigenvalue weighted by Gasteiger charge is 2.43. The number of H-pyrrole nitrogens is 1. The first kappa shape index (κ1) is 16.7. The minimum atomic E-state index is -2.29. The van der Waals surface area contributed by atoms with Gasteiger partial charge in [0.1, 0.15) is 6.61 Å². The Bertz CT molecular complexity index is 741. The third-order valence-electron chi connectivity index (χ3n) is 3.39. The van der Waals surface area contributed by atoms with E-state index in [9.17, 15) is 19.8 Å². The molecule has 0 saturated heterocycles. The summed E-state index contributed by atoms with van der Waals surface area (Å²) in [4.78, 5) is 25.5. The van der Waals surface area contributed by atoms with Crippen molar-refractivity contribution in [1.82, 2.24) is 14.8 Å². The zero-order valence-corrected chi connectivity index (χ0v) is 12.5. The number of aliphatic hydroxyl groups is 1. The van der Waals surface area contributed by atoms with Crippen LogP contribution in [0.1, 0.15) is 5.69 Å². The predicted molar refractivity (Wildman–Crippen MR) is 80.0 cm³/mol. The molecular formula is C14H18N4O5. The second kappa shape index (κ2) is 6.63. The van der Waals surface area contributed by atoms with Crippen molar-refractivity contribution in [2.45, 2.75) is 18.1 Å². The summed E-state index contributed by atoms with van der Waals surface area (Å²) in [6.07, 6.45) is 4.05. The molecule has 124 valence electrons. The number of nitrogens with one attached hydrogen (secondary N) is 1. The van der Waals surface area contributed by atoms with E-state index in [-0.39, 0.29) is 24.2 Å². The van der Waals surface area contributed by atoms with Crippen LogP contribution in [-0.4, -0.2) is 49.2 Å². The highest BCUT2D eigenvalue weighted by Crippen LogP contribution is 2.17. The average molecular weight is 322 g/mol. The van der Waals surface area contributed by atoms with Gasteiger partial charge in [0.25, 0.3) is 0 Å².